The number of nitrogens with zero attached hydrogens (tertiary/aromatic N) is 3. The number of fused-ring (bicyclic) bond motifs is 1. The Kier molecular flexibility index (Phi) is 3.41. The van der Waals surface area contributed by atoms with Gasteiger partial charge in [0.25, 0.3) is 0 Å². The molecule has 0 atom stereocenters. The van der Waals surface area contributed by atoms with Crippen LogP contribution in [0.4, 0.5) is 5.69 Å². The standard InChI is InChI=1S/C15H18N4O/c16-13-4-2-1-3-12(13)5-6-15(20)19-10-9-18-8-7-17-14(18)11-19/h1-4,7-8H,5-6,9-11,16H2. The van der Waals surface area contributed by atoms with Crippen molar-refractivity contribution in [3.63, 3.8) is 0 Å². The fraction of sp³-hybridized carbons (Fsp3) is 0.333. The Morgan fingerprint density at radius 2 is 2.15 bits per heavy atom. The highest BCUT2D eigenvalue weighted by atomic mass is 16.2. The first-order chi connectivity index (χ1) is 9.74. The first kappa shape index (κ1) is 12.7. The molecule has 0 fully saturated rings. The van der Waals surface area contributed by atoms with Crippen LogP contribution in [0, 0.1) is 0 Å². The van der Waals surface area contributed by atoms with E-state index in [-0.39, 0.29) is 5.91 Å². The van der Waals surface area contributed by atoms with E-state index in [1.165, 1.54) is 0 Å². The van der Waals surface area contributed by atoms with Gasteiger partial charge in [-0.2, -0.15) is 0 Å². The lowest BCUT2D eigenvalue weighted by molar-refractivity contribution is -0.132. The molecule has 1 aromatic carbocycles. The van der Waals surface area contributed by atoms with E-state index in [4.69, 9.17) is 5.73 Å². The monoisotopic (exact) mass is 270 g/mol. The molecule has 1 amide bonds. The van der Waals surface area contributed by atoms with Crippen molar-refractivity contribution in [2.75, 3.05) is 12.3 Å². The molecular weight excluding hydrogens is 252 g/mol. The van der Waals surface area contributed by atoms with E-state index in [0.29, 0.717) is 19.4 Å². The molecule has 3 rings (SSSR count). The Morgan fingerprint density at radius 3 is 3.00 bits per heavy atom. The third kappa shape index (κ3) is 2.52. The Morgan fingerprint density at radius 1 is 1.30 bits per heavy atom. The van der Waals surface area contributed by atoms with Gasteiger partial charge in [0, 0.05) is 37.6 Å². The first-order valence-corrected chi connectivity index (χ1v) is 6.85. The second-order valence-corrected chi connectivity index (χ2v) is 5.05. The van der Waals surface area contributed by atoms with Crippen molar-refractivity contribution in [3.05, 3.63) is 48.0 Å². The highest BCUT2D eigenvalue weighted by Gasteiger charge is 2.20. The maximum absolute atomic E-state index is 12.3. The van der Waals surface area contributed by atoms with Gasteiger partial charge < -0.3 is 15.2 Å². The van der Waals surface area contributed by atoms with E-state index < -0.39 is 0 Å². The van der Waals surface area contributed by atoms with Crippen LogP contribution in [0.15, 0.2) is 36.7 Å². The molecule has 0 aliphatic carbocycles. The summed E-state index contributed by atoms with van der Waals surface area (Å²) >= 11 is 0. The van der Waals surface area contributed by atoms with E-state index in [1.54, 1.807) is 6.20 Å². The molecule has 1 aliphatic heterocycles. The number of aromatic nitrogens is 2. The summed E-state index contributed by atoms with van der Waals surface area (Å²) in [5, 5.41) is 0. The van der Waals surface area contributed by atoms with E-state index in [2.05, 4.69) is 9.55 Å². The SMILES string of the molecule is Nc1ccccc1CCC(=O)N1CCn2ccnc2C1. The van der Waals surface area contributed by atoms with Gasteiger partial charge in [-0.1, -0.05) is 18.2 Å². The Labute approximate surface area is 118 Å². The lowest BCUT2D eigenvalue weighted by atomic mass is 10.1. The lowest BCUT2D eigenvalue weighted by Gasteiger charge is -2.27. The molecule has 5 heteroatoms. The smallest absolute Gasteiger partial charge is 0.223 e. The zero-order valence-electron chi connectivity index (χ0n) is 11.3. The molecule has 0 saturated heterocycles. The number of para-hydroxylation sites is 1. The number of nitrogen functional groups attached to an aromatic ring is 1. The van der Waals surface area contributed by atoms with Crippen LogP contribution in [0.5, 0.6) is 0 Å². The van der Waals surface area contributed by atoms with Gasteiger partial charge in [0.15, 0.2) is 0 Å². The summed E-state index contributed by atoms with van der Waals surface area (Å²) in [6, 6.07) is 7.71. The van der Waals surface area contributed by atoms with Crippen LogP contribution in [-0.4, -0.2) is 26.9 Å². The van der Waals surface area contributed by atoms with Crippen molar-refractivity contribution in [3.8, 4) is 0 Å². The third-order valence-electron chi connectivity index (χ3n) is 3.76. The van der Waals surface area contributed by atoms with Crippen molar-refractivity contribution < 1.29 is 4.79 Å². The number of imidazole rings is 1. The highest BCUT2D eigenvalue weighted by molar-refractivity contribution is 5.76. The maximum Gasteiger partial charge on any atom is 0.223 e. The zero-order chi connectivity index (χ0) is 13.9. The molecule has 2 aromatic rings. The van der Waals surface area contributed by atoms with E-state index in [0.717, 1.165) is 30.2 Å². The maximum atomic E-state index is 12.3. The minimum absolute atomic E-state index is 0.169. The summed E-state index contributed by atoms with van der Waals surface area (Å²) in [6.07, 6.45) is 4.93. The molecule has 2 N–H and O–H groups in total. The van der Waals surface area contributed by atoms with Crippen LogP contribution in [0.25, 0.3) is 0 Å². The van der Waals surface area contributed by atoms with E-state index >= 15 is 0 Å². The molecule has 104 valence electrons. The minimum Gasteiger partial charge on any atom is -0.399 e. The molecule has 0 bridgehead atoms. The van der Waals surface area contributed by atoms with Crippen molar-refractivity contribution in [2.24, 2.45) is 0 Å². The Bertz CT molecular complexity index is 620. The number of amides is 1. The van der Waals surface area contributed by atoms with Crippen molar-refractivity contribution in [1.82, 2.24) is 14.5 Å². The minimum atomic E-state index is 0.169. The van der Waals surface area contributed by atoms with Gasteiger partial charge in [-0.25, -0.2) is 4.98 Å². The second kappa shape index (κ2) is 5.36. The number of hydrogen-bond donors (Lipinski definition) is 1. The topological polar surface area (TPSA) is 64.2 Å². The van der Waals surface area contributed by atoms with Crippen LogP contribution in [0.1, 0.15) is 17.8 Å². The summed E-state index contributed by atoms with van der Waals surface area (Å²) in [5.74, 6) is 1.13. The number of carbonyl (C=O) groups excluding carboxylic acids is 1. The predicted molar refractivity (Wildman–Crippen MR) is 76.8 cm³/mol. The molecule has 0 spiro atoms. The first-order valence-electron chi connectivity index (χ1n) is 6.85. The number of rotatable bonds is 3. The molecular formula is C15H18N4O. The van der Waals surface area contributed by atoms with Crippen molar-refractivity contribution in [2.45, 2.75) is 25.9 Å². The van der Waals surface area contributed by atoms with Gasteiger partial charge in [0.05, 0.1) is 6.54 Å². The van der Waals surface area contributed by atoms with Crippen LogP contribution in [0.2, 0.25) is 0 Å². The van der Waals surface area contributed by atoms with Crippen LogP contribution < -0.4 is 5.73 Å². The van der Waals surface area contributed by atoms with Crippen molar-refractivity contribution in [1.29, 1.82) is 0 Å². The average molecular weight is 270 g/mol. The fourth-order valence-corrected chi connectivity index (χ4v) is 2.55. The van der Waals surface area contributed by atoms with Gasteiger partial charge in [0.1, 0.15) is 5.82 Å². The van der Waals surface area contributed by atoms with Gasteiger partial charge in [-0.05, 0) is 18.1 Å². The summed E-state index contributed by atoms with van der Waals surface area (Å²) < 4.78 is 2.10. The fourth-order valence-electron chi connectivity index (χ4n) is 2.55. The average Bonchev–Trinajstić information content (AvgIpc) is 2.93. The molecule has 1 aliphatic rings. The van der Waals surface area contributed by atoms with Crippen LogP contribution in [0.3, 0.4) is 0 Å². The normalized spacial score (nSPS) is 14.1. The molecule has 2 heterocycles. The summed E-state index contributed by atoms with van der Waals surface area (Å²) in [4.78, 5) is 18.4. The number of benzene rings is 1. The lowest BCUT2D eigenvalue weighted by Crippen LogP contribution is -2.38. The van der Waals surface area contributed by atoms with E-state index in [1.807, 2.05) is 35.4 Å². The number of nitrogens with two attached hydrogens (primary N) is 1. The van der Waals surface area contributed by atoms with Crippen molar-refractivity contribution >= 4 is 11.6 Å². The summed E-state index contributed by atoms with van der Waals surface area (Å²) in [6.45, 7) is 2.19. The van der Waals surface area contributed by atoms with Gasteiger partial charge >= 0.3 is 0 Å². The van der Waals surface area contributed by atoms with Crippen LogP contribution in [-0.2, 0) is 24.3 Å². The number of aryl methyl sites for hydroxylation is 1. The largest absolute Gasteiger partial charge is 0.399 e. The predicted octanol–water partition coefficient (Wildman–Crippen LogP) is 1.44. The summed E-state index contributed by atoms with van der Waals surface area (Å²) in [7, 11) is 0. The zero-order valence-corrected chi connectivity index (χ0v) is 11.3. The second-order valence-electron chi connectivity index (χ2n) is 5.05. The third-order valence-corrected chi connectivity index (χ3v) is 3.76. The number of hydrogen-bond acceptors (Lipinski definition) is 3. The molecule has 20 heavy (non-hydrogen) atoms. The number of anilines is 1. The Hall–Kier alpha value is -2.30. The Balaban J connectivity index is 1.59. The van der Waals surface area contributed by atoms with Gasteiger partial charge in [0.2, 0.25) is 5.91 Å². The quantitative estimate of drug-likeness (QED) is 0.858. The molecule has 0 saturated carbocycles. The van der Waals surface area contributed by atoms with Gasteiger partial charge in [-0.3, -0.25) is 4.79 Å². The molecule has 5 nitrogen and oxygen atoms in total. The van der Waals surface area contributed by atoms with Gasteiger partial charge in [-0.15, -0.1) is 0 Å². The van der Waals surface area contributed by atoms with E-state index in [9.17, 15) is 4.79 Å². The highest BCUT2D eigenvalue weighted by Crippen LogP contribution is 2.15. The molecule has 0 unspecified atom stereocenters. The van der Waals surface area contributed by atoms with Crippen LogP contribution >= 0.6 is 0 Å². The molecule has 1 aromatic heterocycles. The summed E-state index contributed by atoms with van der Waals surface area (Å²) in [5.41, 5.74) is 7.70. The molecule has 0 radical (unpaired) electrons. The number of carbonyl (C=O) groups is 1.